The van der Waals surface area contributed by atoms with Crippen LogP contribution in [0.2, 0.25) is 0 Å². The predicted molar refractivity (Wildman–Crippen MR) is 90.5 cm³/mol. The molecule has 23 heavy (non-hydrogen) atoms. The molecule has 0 radical (unpaired) electrons. The minimum absolute atomic E-state index is 0.0200. The van der Waals surface area contributed by atoms with Gasteiger partial charge in [-0.2, -0.15) is 0 Å². The Labute approximate surface area is 138 Å². The zero-order valence-electron chi connectivity index (χ0n) is 14.4. The number of hydrogen-bond acceptors (Lipinski definition) is 3. The zero-order chi connectivity index (χ0) is 17.0. The first kappa shape index (κ1) is 17.3. The molecule has 0 saturated carbocycles. The molecular formula is C18H26N2O3. The number of para-hydroxylation sites is 2. The molecule has 2 amide bonds. The van der Waals surface area contributed by atoms with Gasteiger partial charge in [0.1, 0.15) is 5.75 Å². The molecule has 1 unspecified atom stereocenters. The van der Waals surface area contributed by atoms with E-state index in [4.69, 9.17) is 4.74 Å². The van der Waals surface area contributed by atoms with E-state index in [2.05, 4.69) is 13.8 Å². The molecule has 5 heteroatoms. The smallest absolute Gasteiger partial charge is 0.227 e. The van der Waals surface area contributed by atoms with Crippen molar-refractivity contribution >= 4 is 17.5 Å². The van der Waals surface area contributed by atoms with Crippen LogP contribution in [0.3, 0.4) is 0 Å². The van der Waals surface area contributed by atoms with Gasteiger partial charge in [0, 0.05) is 26.6 Å². The van der Waals surface area contributed by atoms with Crippen LogP contribution in [0.5, 0.6) is 5.75 Å². The number of rotatable bonds is 6. The molecule has 1 atom stereocenters. The van der Waals surface area contributed by atoms with Crippen LogP contribution in [-0.4, -0.2) is 43.5 Å². The van der Waals surface area contributed by atoms with Crippen molar-refractivity contribution in [2.75, 3.05) is 31.6 Å². The van der Waals surface area contributed by atoms with Crippen molar-refractivity contribution in [2.45, 2.75) is 27.2 Å². The predicted octanol–water partition coefficient (Wildman–Crippen LogP) is 2.55. The van der Waals surface area contributed by atoms with Gasteiger partial charge in [0.2, 0.25) is 11.8 Å². The monoisotopic (exact) mass is 318 g/mol. The summed E-state index contributed by atoms with van der Waals surface area (Å²) in [6, 6.07) is 7.49. The third-order valence-electron chi connectivity index (χ3n) is 3.95. The Kier molecular flexibility index (Phi) is 5.64. The number of anilines is 1. The van der Waals surface area contributed by atoms with Gasteiger partial charge in [0.15, 0.2) is 0 Å². The van der Waals surface area contributed by atoms with Crippen LogP contribution >= 0.6 is 0 Å². The largest absolute Gasteiger partial charge is 0.492 e. The topological polar surface area (TPSA) is 49.9 Å². The number of carbonyl (C=O) groups excluding carboxylic acids is 2. The molecule has 0 bridgehead atoms. The molecule has 1 aliphatic rings. The molecule has 0 aromatic heterocycles. The molecule has 1 saturated heterocycles. The lowest BCUT2D eigenvalue weighted by Gasteiger charge is -2.23. The lowest BCUT2D eigenvalue weighted by atomic mass is 10.1. The summed E-state index contributed by atoms with van der Waals surface area (Å²) in [4.78, 5) is 28.3. The highest BCUT2D eigenvalue weighted by Gasteiger charge is 2.37. The third kappa shape index (κ3) is 4.03. The molecule has 1 heterocycles. The highest BCUT2D eigenvalue weighted by Crippen LogP contribution is 2.33. The normalized spacial score (nSPS) is 17.7. The van der Waals surface area contributed by atoms with Gasteiger partial charge in [0.05, 0.1) is 18.2 Å². The second-order valence-electron chi connectivity index (χ2n) is 6.42. The van der Waals surface area contributed by atoms with E-state index < -0.39 is 0 Å². The minimum atomic E-state index is -0.277. The lowest BCUT2D eigenvalue weighted by Crippen LogP contribution is -2.36. The molecule has 0 aliphatic carbocycles. The van der Waals surface area contributed by atoms with Crippen LogP contribution < -0.4 is 9.64 Å². The fourth-order valence-corrected chi connectivity index (χ4v) is 3.01. The van der Waals surface area contributed by atoms with E-state index >= 15 is 0 Å². The fraction of sp³-hybridized carbons (Fsp3) is 0.556. The quantitative estimate of drug-likeness (QED) is 0.810. The van der Waals surface area contributed by atoms with Gasteiger partial charge in [0.25, 0.3) is 0 Å². The molecule has 2 rings (SSSR count). The standard InChI is InChI=1S/C18H26N2O3/c1-5-23-16-9-7-6-8-15(16)20-12-14(10-17(20)21)18(22)19(4)11-13(2)3/h6-9,13-14H,5,10-12H2,1-4H3. The summed E-state index contributed by atoms with van der Waals surface area (Å²) in [6.45, 7) is 7.74. The van der Waals surface area contributed by atoms with Gasteiger partial charge >= 0.3 is 0 Å². The first-order valence-corrected chi connectivity index (χ1v) is 8.21. The number of carbonyl (C=O) groups is 2. The van der Waals surface area contributed by atoms with E-state index in [0.717, 1.165) is 5.69 Å². The van der Waals surface area contributed by atoms with Crippen molar-refractivity contribution < 1.29 is 14.3 Å². The van der Waals surface area contributed by atoms with Crippen molar-refractivity contribution in [3.05, 3.63) is 24.3 Å². The summed E-state index contributed by atoms with van der Waals surface area (Å²) in [5.74, 6) is 0.848. The minimum Gasteiger partial charge on any atom is -0.492 e. The molecule has 0 N–H and O–H groups in total. The molecule has 1 fully saturated rings. The summed E-state index contributed by atoms with van der Waals surface area (Å²) >= 11 is 0. The maximum Gasteiger partial charge on any atom is 0.227 e. The number of amides is 2. The number of ether oxygens (including phenoxy) is 1. The van der Waals surface area contributed by atoms with Gasteiger partial charge in [-0.05, 0) is 25.0 Å². The fourth-order valence-electron chi connectivity index (χ4n) is 3.01. The van der Waals surface area contributed by atoms with E-state index in [1.54, 1.807) is 9.80 Å². The molecule has 1 aromatic rings. The van der Waals surface area contributed by atoms with E-state index in [1.807, 2.05) is 38.2 Å². The molecule has 5 nitrogen and oxygen atoms in total. The molecular weight excluding hydrogens is 292 g/mol. The second-order valence-corrected chi connectivity index (χ2v) is 6.42. The summed E-state index contributed by atoms with van der Waals surface area (Å²) in [6.07, 6.45) is 0.266. The van der Waals surface area contributed by atoms with Crippen LogP contribution in [0.1, 0.15) is 27.2 Å². The van der Waals surface area contributed by atoms with Gasteiger partial charge in [-0.25, -0.2) is 0 Å². The first-order valence-electron chi connectivity index (χ1n) is 8.21. The lowest BCUT2D eigenvalue weighted by molar-refractivity contribution is -0.135. The van der Waals surface area contributed by atoms with E-state index in [9.17, 15) is 9.59 Å². The average molecular weight is 318 g/mol. The van der Waals surface area contributed by atoms with Crippen molar-refractivity contribution in [1.82, 2.24) is 4.90 Å². The maximum absolute atomic E-state index is 12.5. The number of hydrogen-bond donors (Lipinski definition) is 0. The Morgan fingerprint density at radius 1 is 1.39 bits per heavy atom. The van der Waals surface area contributed by atoms with Crippen molar-refractivity contribution in [1.29, 1.82) is 0 Å². The zero-order valence-corrected chi connectivity index (χ0v) is 14.4. The molecule has 1 aliphatic heterocycles. The van der Waals surface area contributed by atoms with Crippen LogP contribution in [-0.2, 0) is 9.59 Å². The van der Waals surface area contributed by atoms with Crippen LogP contribution in [0.15, 0.2) is 24.3 Å². The third-order valence-corrected chi connectivity index (χ3v) is 3.95. The Hall–Kier alpha value is -2.04. The van der Waals surface area contributed by atoms with Crippen LogP contribution in [0.25, 0.3) is 0 Å². The first-order chi connectivity index (χ1) is 10.9. The van der Waals surface area contributed by atoms with Crippen LogP contribution in [0, 0.1) is 11.8 Å². The highest BCUT2D eigenvalue weighted by atomic mass is 16.5. The van der Waals surface area contributed by atoms with E-state index in [0.29, 0.717) is 31.4 Å². The van der Waals surface area contributed by atoms with Crippen LogP contribution in [0.4, 0.5) is 5.69 Å². The number of benzene rings is 1. The summed E-state index contributed by atoms with van der Waals surface area (Å²) in [5, 5.41) is 0. The van der Waals surface area contributed by atoms with Crippen molar-refractivity contribution in [3.8, 4) is 5.75 Å². The molecule has 0 spiro atoms. The Morgan fingerprint density at radius 3 is 2.74 bits per heavy atom. The Morgan fingerprint density at radius 2 is 2.09 bits per heavy atom. The van der Waals surface area contributed by atoms with Gasteiger partial charge in [-0.15, -0.1) is 0 Å². The Bertz CT molecular complexity index is 571. The maximum atomic E-state index is 12.5. The number of nitrogens with zero attached hydrogens (tertiary/aromatic N) is 2. The second kappa shape index (κ2) is 7.49. The summed E-state index contributed by atoms with van der Waals surface area (Å²) in [7, 11) is 1.81. The van der Waals surface area contributed by atoms with E-state index in [1.165, 1.54) is 0 Å². The van der Waals surface area contributed by atoms with Gasteiger partial charge in [-0.1, -0.05) is 26.0 Å². The Balaban J connectivity index is 2.13. The summed E-state index contributed by atoms with van der Waals surface area (Å²) < 4.78 is 5.60. The van der Waals surface area contributed by atoms with Gasteiger partial charge in [-0.3, -0.25) is 9.59 Å². The summed E-state index contributed by atoms with van der Waals surface area (Å²) in [5.41, 5.74) is 0.751. The van der Waals surface area contributed by atoms with Crippen molar-refractivity contribution in [3.63, 3.8) is 0 Å². The van der Waals surface area contributed by atoms with E-state index in [-0.39, 0.29) is 24.2 Å². The SMILES string of the molecule is CCOc1ccccc1N1CC(C(=O)N(C)CC(C)C)CC1=O. The van der Waals surface area contributed by atoms with Gasteiger partial charge < -0.3 is 14.5 Å². The molecule has 1 aromatic carbocycles. The van der Waals surface area contributed by atoms with Crippen molar-refractivity contribution in [2.24, 2.45) is 11.8 Å². The average Bonchev–Trinajstić information content (AvgIpc) is 2.88. The molecule has 126 valence electrons. The highest BCUT2D eigenvalue weighted by molar-refractivity contribution is 6.01.